The van der Waals surface area contributed by atoms with Crippen LogP contribution in [0.15, 0.2) is 12.5 Å². The third-order valence-electron chi connectivity index (χ3n) is 0.771. The van der Waals surface area contributed by atoms with Crippen LogP contribution in [0, 0.1) is 5.41 Å². The van der Waals surface area contributed by atoms with Crippen molar-refractivity contribution in [3.63, 3.8) is 0 Å². The molecule has 0 aromatic carbocycles. The molecule has 0 spiro atoms. The molecule has 0 unspecified atom stereocenters. The molecule has 0 aliphatic carbocycles. The number of hydrogen-bond donors (Lipinski definition) is 2. The molecule has 0 bridgehead atoms. The molecule has 0 atom stereocenters. The molecule has 1 aromatic heterocycles. The third-order valence-corrected chi connectivity index (χ3v) is 0.771. The molecule has 1 heterocycles. The van der Waals surface area contributed by atoms with E-state index in [-0.39, 0.29) is 5.84 Å². The fourth-order valence-electron chi connectivity index (χ4n) is 0.378. The lowest BCUT2D eigenvalue weighted by atomic mass is 10.4. The quantitative estimate of drug-likeness (QED) is 0.376. The van der Waals surface area contributed by atoms with Gasteiger partial charge in [-0.15, -0.1) is 5.10 Å². The third kappa shape index (κ3) is 1.18. The first kappa shape index (κ1) is 5.61. The van der Waals surface area contributed by atoms with E-state index in [4.69, 9.17) is 11.1 Å². The molecule has 0 amide bonds. The van der Waals surface area contributed by atoms with Gasteiger partial charge in [-0.3, -0.25) is 5.41 Å². The Morgan fingerprint density at radius 2 is 2.33 bits per heavy atom. The van der Waals surface area contributed by atoms with Crippen LogP contribution in [-0.2, 0) is 0 Å². The van der Waals surface area contributed by atoms with Gasteiger partial charge in [-0.1, -0.05) is 0 Å². The first-order valence-corrected chi connectivity index (χ1v) is 2.28. The Balaban J connectivity index is 2.98. The van der Waals surface area contributed by atoms with Crippen molar-refractivity contribution in [3.05, 3.63) is 18.2 Å². The highest BCUT2D eigenvalue weighted by Gasteiger charge is 1.93. The van der Waals surface area contributed by atoms with Crippen molar-refractivity contribution in [2.75, 3.05) is 0 Å². The summed E-state index contributed by atoms with van der Waals surface area (Å²) in [7, 11) is 0. The van der Waals surface area contributed by atoms with E-state index in [2.05, 4.69) is 15.2 Å². The molecular weight excluding hydrogens is 118 g/mol. The lowest BCUT2D eigenvalue weighted by Gasteiger charge is -1.90. The Morgan fingerprint density at radius 3 is 2.67 bits per heavy atom. The second-order valence-corrected chi connectivity index (χ2v) is 1.40. The fraction of sp³-hybridized carbons (Fsp3) is 0. The zero-order chi connectivity index (χ0) is 6.69. The Morgan fingerprint density at radius 1 is 1.56 bits per heavy atom. The van der Waals surface area contributed by atoms with Gasteiger partial charge < -0.3 is 5.73 Å². The maximum absolute atomic E-state index is 6.88. The van der Waals surface area contributed by atoms with Gasteiger partial charge >= 0.3 is 0 Å². The summed E-state index contributed by atoms with van der Waals surface area (Å²) in [6.07, 6.45) is 2.58. The molecule has 0 saturated carbocycles. The molecule has 0 radical (unpaired) electrons. The van der Waals surface area contributed by atoms with Crippen LogP contribution >= 0.6 is 0 Å². The van der Waals surface area contributed by atoms with E-state index < -0.39 is 0 Å². The predicted octanol–water partition coefficient (Wildman–Crippen LogP) is -0.844. The van der Waals surface area contributed by atoms with Gasteiger partial charge in [0.25, 0.3) is 0 Å². The number of amidine groups is 1. The summed E-state index contributed by atoms with van der Waals surface area (Å²) in [5, 5.41) is 13.8. The number of nitrogen functional groups attached to an aromatic ring is 1. The van der Waals surface area contributed by atoms with Crippen LogP contribution in [-0.4, -0.2) is 21.0 Å². The fourth-order valence-corrected chi connectivity index (χ4v) is 0.378. The summed E-state index contributed by atoms with van der Waals surface area (Å²) in [5.74, 6) is -0.0927. The van der Waals surface area contributed by atoms with Crippen LogP contribution in [0.2, 0.25) is 0 Å². The van der Waals surface area contributed by atoms with Gasteiger partial charge in [0.05, 0.1) is 6.20 Å². The largest absolute Gasteiger partial charge is 0.382 e. The van der Waals surface area contributed by atoms with Crippen molar-refractivity contribution in [1.82, 2.24) is 15.2 Å². The summed E-state index contributed by atoms with van der Waals surface area (Å²) in [5.41, 5.74) is 5.42. The molecule has 0 aliphatic heterocycles. The summed E-state index contributed by atoms with van der Waals surface area (Å²) < 4.78 is 0. The van der Waals surface area contributed by atoms with Gasteiger partial charge in [0.15, 0.2) is 0 Å². The number of nitrogens with one attached hydrogen (secondary N) is 1. The van der Waals surface area contributed by atoms with Gasteiger partial charge in [-0.05, 0) is 0 Å². The van der Waals surface area contributed by atoms with Gasteiger partial charge in [-0.25, -0.2) is 4.98 Å². The number of rotatable bonds is 1. The molecule has 0 aliphatic rings. The van der Waals surface area contributed by atoms with Crippen LogP contribution in [0.25, 0.3) is 0 Å². The average molecular weight is 123 g/mol. The number of nitrogens with two attached hydrogens (primary N) is 1. The zero-order valence-electron chi connectivity index (χ0n) is 4.57. The minimum absolute atomic E-state index is 0.0927. The summed E-state index contributed by atoms with van der Waals surface area (Å²) in [6.45, 7) is 0. The van der Waals surface area contributed by atoms with Crippen molar-refractivity contribution in [2.24, 2.45) is 5.73 Å². The molecule has 0 saturated heterocycles. The second kappa shape index (κ2) is 2.17. The summed E-state index contributed by atoms with van der Waals surface area (Å²) in [6, 6.07) is 0. The Labute approximate surface area is 51.4 Å². The van der Waals surface area contributed by atoms with Gasteiger partial charge in [0.2, 0.25) is 0 Å². The van der Waals surface area contributed by atoms with Crippen LogP contribution in [0.4, 0.5) is 0 Å². The predicted molar refractivity (Wildman–Crippen MR) is 30.8 cm³/mol. The highest BCUT2D eigenvalue weighted by Crippen LogP contribution is 1.82. The SMILES string of the molecule is N=C(N)c1cnncn1. The zero-order valence-corrected chi connectivity index (χ0v) is 4.57. The van der Waals surface area contributed by atoms with Crippen molar-refractivity contribution < 1.29 is 0 Å². The topological polar surface area (TPSA) is 88.5 Å². The van der Waals surface area contributed by atoms with E-state index in [1.165, 1.54) is 12.5 Å². The highest BCUT2D eigenvalue weighted by atomic mass is 15.1. The van der Waals surface area contributed by atoms with Crippen molar-refractivity contribution >= 4 is 5.84 Å². The molecule has 5 nitrogen and oxygen atoms in total. The normalized spacial score (nSPS) is 8.89. The maximum Gasteiger partial charge on any atom is 0.143 e. The van der Waals surface area contributed by atoms with Crippen molar-refractivity contribution in [3.8, 4) is 0 Å². The lowest BCUT2D eigenvalue weighted by molar-refractivity contribution is 0.958. The van der Waals surface area contributed by atoms with Crippen LogP contribution in [0.1, 0.15) is 5.69 Å². The van der Waals surface area contributed by atoms with Gasteiger partial charge in [0.1, 0.15) is 17.9 Å². The number of aromatic nitrogens is 3. The monoisotopic (exact) mass is 123 g/mol. The number of hydrogen-bond acceptors (Lipinski definition) is 4. The molecular formula is C4H5N5. The average Bonchev–Trinajstić information content (AvgIpc) is 1.90. The van der Waals surface area contributed by atoms with Crippen molar-refractivity contribution in [1.29, 1.82) is 5.41 Å². The molecule has 0 fully saturated rings. The Bertz CT molecular complexity index is 205. The minimum atomic E-state index is -0.0927. The molecule has 3 N–H and O–H groups in total. The van der Waals surface area contributed by atoms with Crippen LogP contribution < -0.4 is 5.73 Å². The number of nitrogens with zero attached hydrogens (tertiary/aromatic N) is 3. The first-order chi connectivity index (χ1) is 4.30. The first-order valence-electron chi connectivity index (χ1n) is 2.28. The molecule has 9 heavy (non-hydrogen) atoms. The van der Waals surface area contributed by atoms with Crippen LogP contribution in [0.3, 0.4) is 0 Å². The Kier molecular flexibility index (Phi) is 1.35. The van der Waals surface area contributed by atoms with E-state index in [1.807, 2.05) is 0 Å². The summed E-state index contributed by atoms with van der Waals surface area (Å²) in [4.78, 5) is 3.66. The van der Waals surface area contributed by atoms with E-state index in [0.29, 0.717) is 5.69 Å². The van der Waals surface area contributed by atoms with E-state index in [0.717, 1.165) is 0 Å². The maximum atomic E-state index is 6.88. The van der Waals surface area contributed by atoms with Gasteiger partial charge in [0, 0.05) is 0 Å². The summed E-state index contributed by atoms with van der Waals surface area (Å²) >= 11 is 0. The van der Waals surface area contributed by atoms with Gasteiger partial charge in [-0.2, -0.15) is 5.10 Å². The lowest BCUT2D eigenvalue weighted by Crippen LogP contribution is -2.13. The molecule has 46 valence electrons. The van der Waals surface area contributed by atoms with E-state index in [9.17, 15) is 0 Å². The smallest absolute Gasteiger partial charge is 0.143 e. The van der Waals surface area contributed by atoms with E-state index >= 15 is 0 Å². The minimum Gasteiger partial charge on any atom is -0.382 e. The highest BCUT2D eigenvalue weighted by molar-refractivity contribution is 5.92. The molecule has 1 rings (SSSR count). The van der Waals surface area contributed by atoms with E-state index in [1.54, 1.807) is 0 Å². The Hall–Kier alpha value is -1.52. The second-order valence-electron chi connectivity index (χ2n) is 1.40. The standard InChI is InChI=1S/C4H5N5/c5-4(6)3-1-8-9-2-7-3/h1-2H,(H3,5,6). The molecule has 5 heteroatoms. The molecule has 1 aromatic rings. The van der Waals surface area contributed by atoms with Crippen molar-refractivity contribution in [2.45, 2.75) is 0 Å². The van der Waals surface area contributed by atoms with Crippen LogP contribution in [0.5, 0.6) is 0 Å².